The van der Waals surface area contributed by atoms with Crippen molar-refractivity contribution in [2.24, 2.45) is 0 Å². The summed E-state index contributed by atoms with van der Waals surface area (Å²) in [6.07, 6.45) is 0. The second kappa shape index (κ2) is 6.31. The van der Waals surface area contributed by atoms with Crippen molar-refractivity contribution in [3.63, 3.8) is 0 Å². The molecule has 1 atom stereocenters. The zero-order chi connectivity index (χ0) is 14.5. The second-order valence-electron chi connectivity index (χ2n) is 4.12. The largest absolute Gasteiger partial charge is 0.504 e. The zero-order valence-corrected chi connectivity index (χ0v) is 12.4. The number of halogens is 1. The number of phenols is 1. The average Bonchev–Trinajstić information content (AvgIpc) is 2.47. The fraction of sp³-hybridized carbons (Fsp3) is 0.133. The molecule has 0 saturated heterocycles. The molecule has 0 heterocycles. The molecule has 0 aromatic heterocycles. The van der Waals surface area contributed by atoms with E-state index < -0.39 is 6.04 Å². The first-order chi connectivity index (χ1) is 9.65. The Morgan fingerprint density at radius 3 is 2.70 bits per heavy atom. The molecule has 1 unspecified atom stereocenters. The molecule has 2 aromatic carbocycles. The van der Waals surface area contributed by atoms with Gasteiger partial charge in [-0.15, -0.1) is 0 Å². The highest BCUT2D eigenvalue weighted by molar-refractivity contribution is 9.10. The number of benzene rings is 2. The van der Waals surface area contributed by atoms with Crippen LogP contribution in [0.15, 0.2) is 46.9 Å². The van der Waals surface area contributed by atoms with Crippen molar-refractivity contribution >= 4 is 21.6 Å². The fourth-order valence-electron chi connectivity index (χ4n) is 1.80. The van der Waals surface area contributed by atoms with E-state index in [1.54, 1.807) is 12.1 Å². The maximum absolute atomic E-state index is 9.59. The number of phenolic OH excluding ortho intramolecular Hbond substituents is 1. The third-order valence-corrected chi connectivity index (χ3v) is 3.53. The highest BCUT2D eigenvalue weighted by Gasteiger charge is 2.14. The van der Waals surface area contributed by atoms with Crippen LogP contribution in [-0.4, -0.2) is 12.2 Å². The van der Waals surface area contributed by atoms with E-state index in [2.05, 4.69) is 27.3 Å². The topological polar surface area (TPSA) is 65.3 Å². The first-order valence-corrected chi connectivity index (χ1v) is 6.72. The number of hydrogen-bond donors (Lipinski definition) is 2. The molecule has 0 aliphatic carbocycles. The summed E-state index contributed by atoms with van der Waals surface area (Å²) in [4.78, 5) is 0. The highest BCUT2D eigenvalue weighted by atomic mass is 79.9. The Kier molecular flexibility index (Phi) is 4.49. The summed E-state index contributed by atoms with van der Waals surface area (Å²) >= 11 is 3.43. The van der Waals surface area contributed by atoms with Crippen LogP contribution in [0.5, 0.6) is 11.5 Å². The Morgan fingerprint density at radius 2 is 2.05 bits per heavy atom. The van der Waals surface area contributed by atoms with Gasteiger partial charge in [-0.25, -0.2) is 0 Å². The van der Waals surface area contributed by atoms with Gasteiger partial charge in [0.2, 0.25) is 0 Å². The molecular weight excluding hydrogens is 320 g/mol. The SMILES string of the molecule is COc1cc(C(C#N)Nc2ccccc2Br)ccc1O. The molecule has 0 fully saturated rings. The van der Waals surface area contributed by atoms with E-state index in [1.165, 1.54) is 13.2 Å². The Balaban J connectivity index is 2.30. The fourth-order valence-corrected chi connectivity index (χ4v) is 2.20. The summed E-state index contributed by atoms with van der Waals surface area (Å²) in [7, 11) is 1.47. The molecule has 0 spiro atoms. The van der Waals surface area contributed by atoms with Crippen LogP contribution in [-0.2, 0) is 0 Å². The van der Waals surface area contributed by atoms with Gasteiger partial charge in [-0.2, -0.15) is 5.26 Å². The van der Waals surface area contributed by atoms with Crippen molar-refractivity contribution in [3.05, 3.63) is 52.5 Å². The van der Waals surface area contributed by atoms with Crippen LogP contribution in [0.25, 0.3) is 0 Å². The summed E-state index contributed by atoms with van der Waals surface area (Å²) in [5.41, 5.74) is 1.55. The van der Waals surface area contributed by atoms with Crippen LogP contribution in [0, 0.1) is 11.3 Å². The van der Waals surface area contributed by atoms with Crippen LogP contribution >= 0.6 is 15.9 Å². The van der Waals surface area contributed by atoms with Crippen molar-refractivity contribution in [2.45, 2.75) is 6.04 Å². The normalized spacial score (nSPS) is 11.4. The number of anilines is 1. The van der Waals surface area contributed by atoms with Crippen molar-refractivity contribution in [3.8, 4) is 17.6 Å². The van der Waals surface area contributed by atoms with Crippen molar-refractivity contribution < 1.29 is 9.84 Å². The number of para-hydroxylation sites is 1. The summed E-state index contributed by atoms with van der Waals surface area (Å²) in [5.74, 6) is 0.394. The molecule has 0 saturated carbocycles. The summed E-state index contributed by atoms with van der Waals surface area (Å²) < 4.78 is 5.94. The van der Waals surface area contributed by atoms with Crippen LogP contribution in [0.3, 0.4) is 0 Å². The molecule has 0 aliphatic heterocycles. The van der Waals surface area contributed by atoms with Gasteiger partial charge < -0.3 is 15.2 Å². The molecule has 20 heavy (non-hydrogen) atoms. The maximum atomic E-state index is 9.59. The molecule has 0 amide bonds. The van der Waals surface area contributed by atoms with Gasteiger partial charge in [0.15, 0.2) is 11.5 Å². The first-order valence-electron chi connectivity index (χ1n) is 5.93. The molecule has 2 N–H and O–H groups in total. The number of nitrogens with zero attached hydrogens (tertiary/aromatic N) is 1. The predicted octanol–water partition coefficient (Wildman–Crippen LogP) is 3.84. The highest BCUT2D eigenvalue weighted by Crippen LogP contribution is 2.31. The lowest BCUT2D eigenvalue weighted by atomic mass is 10.1. The van der Waals surface area contributed by atoms with Gasteiger partial charge in [0.25, 0.3) is 0 Å². The van der Waals surface area contributed by atoms with Gasteiger partial charge in [0.05, 0.1) is 13.2 Å². The smallest absolute Gasteiger partial charge is 0.160 e. The van der Waals surface area contributed by atoms with E-state index >= 15 is 0 Å². The lowest BCUT2D eigenvalue weighted by molar-refractivity contribution is 0.373. The quantitative estimate of drug-likeness (QED) is 0.892. The molecule has 0 aliphatic rings. The minimum absolute atomic E-state index is 0.0498. The second-order valence-corrected chi connectivity index (χ2v) is 4.97. The molecule has 2 aromatic rings. The molecule has 102 valence electrons. The lowest BCUT2D eigenvalue weighted by Crippen LogP contribution is -2.09. The summed E-state index contributed by atoms with van der Waals surface area (Å²) in [6, 6.07) is 14.1. The Morgan fingerprint density at radius 1 is 1.30 bits per heavy atom. The number of hydrogen-bond acceptors (Lipinski definition) is 4. The third kappa shape index (κ3) is 3.03. The monoisotopic (exact) mass is 332 g/mol. The molecule has 5 heteroatoms. The molecule has 0 bridgehead atoms. The van der Waals surface area contributed by atoms with Crippen LogP contribution < -0.4 is 10.1 Å². The number of rotatable bonds is 4. The van der Waals surface area contributed by atoms with Gasteiger partial charge in [-0.1, -0.05) is 18.2 Å². The number of aromatic hydroxyl groups is 1. The molecular formula is C15H13BrN2O2. The van der Waals surface area contributed by atoms with E-state index in [-0.39, 0.29) is 5.75 Å². The van der Waals surface area contributed by atoms with Crippen LogP contribution in [0.4, 0.5) is 5.69 Å². The zero-order valence-electron chi connectivity index (χ0n) is 10.8. The lowest BCUT2D eigenvalue weighted by Gasteiger charge is -2.15. The molecule has 0 radical (unpaired) electrons. The number of ether oxygens (including phenoxy) is 1. The standard InChI is InChI=1S/C15H13BrN2O2/c1-20-15-8-10(6-7-14(15)19)13(9-17)18-12-5-3-2-4-11(12)16/h2-8,13,18-19H,1H3. The van der Waals surface area contributed by atoms with Crippen LogP contribution in [0.2, 0.25) is 0 Å². The predicted molar refractivity (Wildman–Crippen MR) is 80.8 cm³/mol. The third-order valence-electron chi connectivity index (χ3n) is 2.84. The summed E-state index contributed by atoms with van der Waals surface area (Å²) in [5, 5.41) is 22.1. The number of nitrogens with one attached hydrogen (secondary N) is 1. The average molecular weight is 333 g/mol. The van der Waals surface area contributed by atoms with Gasteiger partial charge in [-0.3, -0.25) is 0 Å². The van der Waals surface area contributed by atoms with E-state index in [1.807, 2.05) is 24.3 Å². The minimum atomic E-state index is -0.539. The Hall–Kier alpha value is -2.19. The van der Waals surface area contributed by atoms with E-state index in [0.717, 1.165) is 15.7 Å². The maximum Gasteiger partial charge on any atom is 0.160 e. The Bertz CT molecular complexity index is 653. The van der Waals surface area contributed by atoms with Gasteiger partial charge in [0.1, 0.15) is 6.04 Å². The number of nitriles is 1. The minimum Gasteiger partial charge on any atom is -0.504 e. The first kappa shape index (κ1) is 14.2. The van der Waals surface area contributed by atoms with E-state index in [0.29, 0.717) is 5.75 Å². The van der Waals surface area contributed by atoms with Gasteiger partial charge in [-0.05, 0) is 45.8 Å². The van der Waals surface area contributed by atoms with Crippen molar-refractivity contribution in [1.29, 1.82) is 5.26 Å². The number of methoxy groups -OCH3 is 1. The van der Waals surface area contributed by atoms with Crippen LogP contribution in [0.1, 0.15) is 11.6 Å². The van der Waals surface area contributed by atoms with Gasteiger partial charge in [0, 0.05) is 10.2 Å². The van der Waals surface area contributed by atoms with Crippen molar-refractivity contribution in [1.82, 2.24) is 0 Å². The summed E-state index contributed by atoms with van der Waals surface area (Å²) in [6.45, 7) is 0. The van der Waals surface area contributed by atoms with Gasteiger partial charge >= 0.3 is 0 Å². The van der Waals surface area contributed by atoms with Crippen molar-refractivity contribution in [2.75, 3.05) is 12.4 Å². The Labute approximate surface area is 125 Å². The van der Waals surface area contributed by atoms with E-state index in [4.69, 9.17) is 4.74 Å². The molecule has 2 rings (SSSR count). The molecule has 4 nitrogen and oxygen atoms in total. The van der Waals surface area contributed by atoms with E-state index in [9.17, 15) is 10.4 Å².